The zero-order valence-corrected chi connectivity index (χ0v) is 13.1. The van der Waals surface area contributed by atoms with Crippen molar-refractivity contribution in [1.29, 1.82) is 5.26 Å². The van der Waals surface area contributed by atoms with E-state index >= 15 is 0 Å². The number of anilines is 1. The molecule has 3 nitrogen and oxygen atoms in total. The smallest absolute Gasteiger partial charge is 0.109 e. The van der Waals surface area contributed by atoms with Gasteiger partial charge in [-0.05, 0) is 37.1 Å². The average molecular weight is 313 g/mol. The van der Waals surface area contributed by atoms with Gasteiger partial charge in [0.25, 0.3) is 0 Å². The molecule has 1 atom stereocenters. The van der Waals surface area contributed by atoms with E-state index in [1.165, 1.54) is 5.56 Å². The Hall–Kier alpha value is -2.02. The zero-order valence-electron chi connectivity index (χ0n) is 12.4. The van der Waals surface area contributed by atoms with Crippen molar-refractivity contribution >= 4 is 17.3 Å². The van der Waals surface area contributed by atoms with Crippen LogP contribution in [0.5, 0.6) is 0 Å². The van der Waals surface area contributed by atoms with Crippen LogP contribution < -0.4 is 4.90 Å². The topological polar surface area (TPSA) is 47.3 Å². The lowest BCUT2D eigenvalue weighted by molar-refractivity contribution is 0.0607. The molecule has 0 aliphatic carbocycles. The monoisotopic (exact) mass is 312 g/mol. The molecule has 2 aromatic rings. The second-order valence-electron chi connectivity index (χ2n) is 5.85. The molecule has 1 N–H and O–H groups in total. The van der Waals surface area contributed by atoms with Crippen LogP contribution in [0.3, 0.4) is 0 Å². The molecular weight excluding hydrogens is 296 g/mol. The fourth-order valence-corrected chi connectivity index (χ4v) is 3.12. The normalized spacial score (nSPS) is 20.9. The van der Waals surface area contributed by atoms with Crippen molar-refractivity contribution in [2.24, 2.45) is 0 Å². The summed E-state index contributed by atoms with van der Waals surface area (Å²) in [6.07, 6.45) is 0.674. The summed E-state index contributed by atoms with van der Waals surface area (Å²) in [5.74, 6) is 0. The third-order valence-electron chi connectivity index (χ3n) is 4.27. The molecule has 1 aliphatic rings. The summed E-state index contributed by atoms with van der Waals surface area (Å²) in [5, 5.41) is 20.3. The van der Waals surface area contributed by atoms with Crippen molar-refractivity contribution in [3.63, 3.8) is 0 Å². The van der Waals surface area contributed by atoms with Gasteiger partial charge in [0, 0.05) is 12.2 Å². The first-order chi connectivity index (χ1) is 10.5. The highest BCUT2D eigenvalue weighted by atomic mass is 35.5. The Morgan fingerprint density at radius 2 is 1.95 bits per heavy atom. The highest BCUT2D eigenvalue weighted by Gasteiger charge is 2.37. The predicted molar refractivity (Wildman–Crippen MR) is 88.1 cm³/mol. The second-order valence-corrected chi connectivity index (χ2v) is 6.25. The van der Waals surface area contributed by atoms with Gasteiger partial charge in [0.1, 0.15) is 11.7 Å². The van der Waals surface area contributed by atoms with Crippen LogP contribution in [-0.2, 0) is 5.60 Å². The van der Waals surface area contributed by atoms with Gasteiger partial charge in [-0.25, -0.2) is 0 Å². The minimum atomic E-state index is -0.839. The number of aliphatic hydroxyl groups is 1. The Bertz CT molecular complexity index is 736. The van der Waals surface area contributed by atoms with Gasteiger partial charge in [-0.1, -0.05) is 41.4 Å². The van der Waals surface area contributed by atoms with Crippen LogP contribution in [0.25, 0.3) is 0 Å². The molecule has 0 saturated carbocycles. The van der Waals surface area contributed by atoms with Gasteiger partial charge >= 0.3 is 0 Å². The lowest BCUT2D eigenvalue weighted by Crippen LogP contribution is -2.30. The number of benzene rings is 2. The van der Waals surface area contributed by atoms with Crippen LogP contribution in [-0.4, -0.2) is 18.2 Å². The van der Waals surface area contributed by atoms with Gasteiger partial charge < -0.3 is 10.0 Å². The average Bonchev–Trinajstić information content (AvgIpc) is 2.91. The highest BCUT2D eigenvalue weighted by Crippen LogP contribution is 2.35. The van der Waals surface area contributed by atoms with Gasteiger partial charge in [0.2, 0.25) is 0 Å². The lowest BCUT2D eigenvalue weighted by Gasteiger charge is -2.25. The van der Waals surface area contributed by atoms with Crippen LogP contribution in [0, 0.1) is 18.3 Å². The van der Waals surface area contributed by atoms with Gasteiger partial charge in [-0.15, -0.1) is 0 Å². The van der Waals surface area contributed by atoms with E-state index in [2.05, 4.69) is 11.0 Å². The largest absolute Gasteiger partial charge is 0.383 e. The summed E-state index contributed by atoms with van der Waals surface area (Å²) in [6, 6.07) is 15.5. The number of aryl methyl sites for hydroxylation is 1. The summed E-state index contributed by atoms with van der Waals surface area (Å²) in [5.41, 5.74) is 2.69. The first-order valence-corrected chi connectivity index (χ1v) is 7.64. The quantitative estimate of drug-likeness (QED) is 0.921. The van der Waals surface area contributed by atoms with Crippen LogP contribution >= 0.6 is 11.6 Å². The van der Waals surface area contributed by atoms with Gasteiger partial charge in [0.15, 0.2) is 0 Å². The van der Waals surface area contributed by atoms with Crippen molar-refractivity contribution in [3.05, 3.63) is 64.2 Å². The van der Waals surface area contributed by atoms with Crippen LogP contribution in [0.2, 0.25) is 5.02 Å². The number of nitriles is 1. The van der Waals surface area contributed by atoms with E-state index in [1.807, 2.05) is 37.3 Å². The molecule has 1 heterocycles. The molecule has 2 aromatic carbocycles. The summed E-state index contributed by atoms with van der Waals surface area (Å²) >= 11 is 6.10. The van der Waals surface area contributed by atoms with E-state index in [4.69, 9.17) is 16.9 Å². The Balaban J connectivity index is 1.84. The minimum absolute atomic E-state index is 0.450. The van der Waals surface area contributed by atoms with Crippen molar-refractivity contribution in [3.8, 4) is 6.07 Å². The third kappa shape index (κ3) is 2.68. The Labute approximate surface area is 135 Å². The van der Waals surface area contributed by atoms with E-state index in [0.29, 0.717) is 23.6 Å². The summed E-state index contributed by atoms with van der Waals surface area (Å²) < 4.78 is 0. The molecule has 1 fully saturated rings. The third-order valence-corrected chi connectivity index (χ3v) is 4.59. The Morgan fingerprint density at radius 3 is 2.59 bits per heavy atom. The summed E-state index contributed by atoms with van der Waals surface area (Å²) in [4.78, 5) is 2.10. The Kier molecular flexibility index (Phi) is 3.82. The predicted octanol–water partition coefficient (Wildman–Crippen LogP) is 3.62. The molecule has 1 unspecified atom stereocenters. The van der Waals surface area contributed by atoms with E-state index in [1.54, 1.807) is 12.1 Å². The van der Waals surface area contributed by atoms with Crippen molar-refractivity contribution in [2.75, 3.05) is 18.0 Å². The standard InChI is InChI=1S/C18H17ClN2O/c1-13-2-5-15(6-3-13)18(22)8-9-21(12-18)16-7-4-14(11-20)17(19)10-16/h2-7,10,22H,8-9,12H2,1H3. The number of nitrogens with zero attached hydrogens (tertiary/aromatic N) is 2. The number of rotatable bonds is 2. The molecule has 0 spiro atoms. The van der Waals surface area contributed by atoms with E-state index in [9.17, 15) is 5.11 Å². The molecule has 112 valence electrons. The van der Waals surface area contributed by atoms with E-state index in [0.717, 1.165) is 17.8 Å². The molecule has 0 amide bonds. The maximum atomic E-state index is 10.9. The minimum Gasteiger partial charge on any atom is -0.383 e. The first kappa shape index (κ1) is 14.9. The molecule has 1 aliphatic heterocycles. The molecule has 1 saturated heterocycles. The maximum absolute atomic E-state index is 10.9. The molecule has 4 heteroatoms. The number of halogens is 1. The van der Waals surface area contributed by atoms with Gasteiger partial charge in [-0.3, -0.25) is 0 Å². The van der Waals surface area contributed by atoms with Crippen molar-refractivity contribution < 1.29 is 5.11 Å². The molecule has 0 aromatic heterocycles. The second kappa shape index (κ2) is 5.64. The van der Waals surface area contributed by atoms with Crippen LogP contribution in [0.1, 0.15) is 23.1 Å². The molecule has 22 heavy (non-hydrogen) atoms. The number of β-amino-alcohol motifs (C(OH)–C–C–N with tert-alkyl or cyclic N) is 1. The highest BCUT2D eigenvalue weighted by molar-refractivity contribution is 6.32. The van der Waals surface area contributed by atoms with E-state index in [-0.39, 0.29) is 0 Å². The van der Waals surface area contributed by atoms with Crippen LogP contribution in [0.15, 0.2) is 42.5 Å². The maximum Gasteiger partial charge on any atom is 0.109 e. The first-order valence-electron chi connectivity index (χ1n) is 7.26. The zero-order chi connectivity index (χ0) is 15.7. The fourth-order valence-electron chi connectivity index (χ4n) is 2.90. The van der Waals surface area contributed by atoms with Crippen molar-refractivity contribution in [1.82, 2.24) is 0 Å². The molecule has 0 radical (unpaired) electrons. The molecular formula is C18H17ClN2O. The number of hydrogen-bond donors (Lipinski definition) is 1. The summed E-state index contributed by atoms with van der Waals surface area (Å²) in [6.45, 7) is 3.32. The summed E-state index contributed by atoms with van der Waals surface area (Å²) in [7, 11) is 0. The Morgan fingerprint density at radius 1 is 1.23 bits per heavy atom. The number of hydrogen-bond acceptors (Lipinski definition) is 3. The van der Waals surface area contributed by atoms with Crippen LogP contribution in [0.4, 0.5) is 5.69 Å². The van der Waals surface area contributed by atoms with E-state index < -0.39 is 5.60 Å². The fraction of sp³-hybridized carbons (Fsp3) is 0.278. The lowest BCUT2D eigenvalue weighted by atomic mass is 9.92. The molecule has 0 bridgehead atoms. The SMILES string of the molecule is Cc1ccc(C2(O)CCN(c3ccc(C#N)c(Cl)c3)C2)cc1. The van der Waals surface area contributed by atoms with Gasteiger partial charge in [0.05, 0.1) is 17.1 Å². The van der Waals surface area contributed by atoms with Crippen molar-refractivity contribution in [2.45, 2.75) is 18.9 Å². The molecule has 3 rings (SSSR count). The van der Waals surface area contributed by atoms with Gasteiger partial charge in [-0.2, -0.15) is 5.26 Å².